The summed E-state index contributed by atoms with van der Waals surface area (Å²) in [6, 6.07) is 5.02. The number of rotatable bonds is 2. The molecule has 0 aliphatic carbocycles. The molecule has 0 unspecified atom stereocenters. The minimum atomic E-state index is -1.37. The second-order valence-corrected chi connectivity index (χ2v) is 5.08. The van der Waals surface area contributed by atoms with E-state index >= 15 is 0 Å². The fraction of sp³-hybridized carbons (Fsp3) is 0.0714. The molecular weight excluding hydrogens is 311 g/mol. The first-order valence-corrected chi connectivity index (χ1v) is 6.58. The summed E-state index contributed by atoms with van der Waals surface area (Å²) in [7, 11) is 1.78. The third-order valence-corrected chi connectivity index (χ3v) is 3.72. The van der Waals surface area contributed by atoms with Crippen LogP contribution in [0.3, 0.4) is 0 Å². The van der Waals surface area contributed by atoms with Crippen molar-refractivity contribution in [3.05, 3.63) is 40.9 Å². The Morgan fingerprint density at radius 2 is 2.18 bits per heavy atom. The highest BCUT2D eigenvalue weighted by Gasteiger charge is 2.22. The number of nitrogen functional groups attached to an aromatic ring is 1. The van der Waals surface area contributed by atoms with Gasteiger partial charge in [0.1, 0.15) is 5.69 Å². The standard InChI is InChI=1S/C14H10ClFN4O2/c1-20-8-3-2-6(4-7(8)5-18-20)12-10(16)11(17)9(15)13(19-12)14(21)22/h2-5H,1H3,(H2,17,19)(H,21,22). The SMILES string of the molecule is Cn1ncc2cc(-c3nc(C(=O)O)c(Cl)c(N)c3F)ccc21. The second-order valence-electron chi connectivity index (χ2n) is 4.70. The molecule has 0 aliphatic heterocycles. The number of anilines is 1. The molecule has 0 saturated heterocycles. The van der Waals surface area contributed by atoms with Crippen LogP contribution in [-0.2, 0) is 7.05 Å². The van der Waals surface area contributed by atoms with Crippen molar-refractivity contribution in [2.24, 2.45) is 7.05 Å². The van der Waals surface area contributed by atoms with Crippen LogP contribution in [0.4, 0.5) is 10.1 Å². The summed E-state index contributed by atoms with van der Waals surface area (Å²) in [6.07, 6.45) is 1.62. The molecule has 2 aromatic heterocycles. The molecule has 0 bridgehead atoms. The van der Waals surface area contributed by atoms with Crippen LogP contribution in [0.5, 0.6) is 0 Å². The monoisotopic (exact) mass is 320 g/mol. The average Bonchev–Trinajstić information content (AvgIpc) is 2.85. The van der Waals surface area contributed by atoms with Crippen molar-refractivity contribution in [3.8, 4) is 11.3 Å². The Kier molecular flexibility index (Phi) is 3.22. The number of nitrogens with two attached hydrogens (primary N) is 1. The molecule has 8 heteroatoms. The molecule has 0 fully saturated rings. The van der Waals surface area contributed by atoms with Gasteiger partial charge >= 0.3 is 5.97 Å². The zero-order valence-corrected chi connectivity index (χ0v) is 12.1. The van der Waals surface area contributed by atoms with E-state index in [1.807, 2.05) is 0 Å². The van der Waals surface area contributed by atoms with Crippen LogP contribution in [0, 0.1) is 5.82 Å². The molecule has 0 radical (unpaired) electrons. The van der Waals surface area contributed by atoms with E-state index in [2.05, 4.69) is 10.1 Å². The van der Waals surface area contributed by atoms with E-state index in [-0.39, 0.29) is 5.69 Å². The minimum Gasteiger partial charge on any atom is -0.476 e. The van der Waals surface area contributed by atoms with Gasteiger partial charge in [0.25, 0.3) is 0 Å². The lowest BCUT2D eigenvalue weighted by Gasteiger charge is -2.09. The highest BCUT2D eigenvalue weighted by Crippen LogP contribution is 2.33. The Bertz CT molecular complexity index is 923. The number of hydrogen-bond acceptors (Lipinski definition) is 4. The molecule has 0 atom stereocenters. The van der Waals surface area contributed by atoms with Gasteiger partial charge in [0.15, 0.2) is 11.5 Å². The fourth-order valence-corrected chi connectivity index (χ4v) is 2.41. The number of fused-ring (bicyclic) bond motifs is 1. The highest BCUT2D eigenvalue weighted by molar-refractivity contribution is 6.35. The van der Waals surface area contributed by atoms with Crippen molar-refractivity contribution in [2.75, 3.05) is 5.73 Å². The van der Waals surface area contributed by atoms with E-state index < -0.39 is 28.2 Å². The van der Waals surface area contributed by atoms with Crippen LogP contribution < -0.4 is 5.73 Å². The Labute approximate surface area is 128 Å². The number of hydrogen-bond donors (Lipinski definition) is 2. The van der Waals surface area contributed by atoms with Crippen molar-refractivity contribution >= 4 is 34.2 Å². The third kappa shape index (κ3) is 2.06. The third-order valence-electron chi connectivity index (χ3n) is 3.33. The Morgan fingerprint density at radius 1 is 1.45 bits per heavy atom. The lowest BCUT2D eigenvalue weighted by Crippen LogP contribution is -2.08. The van der Waals surface area contributed by atoms with E-state index in [1.165, 1.54) is 0 Å². The normalized spacial score (nSPS) is 11.0. The van der Waals surface area contributed by atoms with Crippen molar-refractivity contribution in [1.29, 1.82) is 0 Å². The summed E-state index contributed by atoms with van der Waals surface area (Å²) >= 11 is 5.73. The Hall–Kier alpha value is -2.67. The number of benzene rings is 1. The van der Waals surface area contributed by atoms with Crippen molar-refractivity contribution in [1.82, 2.24) is 14.8 Å². The zero-order chi connectivity index (χ0) is 16.0. The summed E-state index contributed by atoms with van der Waals surface area (Å²) in [5.74, 6) is -2.22. The number of aryl methyl sites for hydroxylation is 1. The van der Waals surface area contributed by atoms with E-state index in [0.717, 1.165) is 10.9 Å². The molecule has 3 aromatic rings. The lowest BCUT2D eigenvalue weighted by atomic mass is 10.1. The van der Waals surface area contributed by atoms with Gasteiger partial charge in [-0.3, -0.25) is 4.68 Å². The molecule has 1 aromatic carbocycles. The molecule has 0 aliphatic rings. The van der Waals surface area contributed by atoms with Gasteiger partial charge in [0.05, 0.1) is 22.4 Å². The molecule has 6 nitrogen and oxygen atoms in total. The first-order chi connectivity index (χ1) is 10.4. The summed E-state index contributed by atoms with van der Waals surface area (Å²) in [6.45, 7) is 0. The number of carbonyl (C=O) groups is 1. The lowest BCUT2D eigenvalue weighted by molar-refractivity contribution is 0.0691. The molecule has 0 spiro atoms. The topological polar surface area (TPSA) is 94.0 Å². The molecule has 2 heterocycles. The average molecular weight is 321 g/mol. The maximum atomic E-state index is 14.3. The number of nitrogens with zero attached hydrogens (tertiary/aromatic N) is 3. The molecular formula is C14H10ClFN4O2. The van der Waals surface area contributed by atoms with Crippen LogP contribution in [-0.4, -0.2) is 25.8 Å². The second kappa shape index (κ2) is 4.96. The number of halogens is 2. The van der Waals surface area contributed by atoms with Gasteiger partial charge in [0.2, 0.25) is 0 Å². The summed E-state index contributed by atoms with van der Waals surface area (Å²) in [4.78, 5) is 14.9. The summed E-state index contributed by atoms with van der Waals surface area (Å²) < 4.78 is 16.0. The van der Waals surface area contributed by atoms with Crippen LogP contribution in [0.25, 0.3) is 22.2 Å². The summed E-state index contributed by atoms with van der Waals surface area (Å²) in [5, 5.41) is 13.5. The van der Waals surface area contributed by atoms with E-state index in [1.54, 1.807) is 36.1 Å². The number of carboxylic acid groups (broad SMARTS) is 1. The Morgan fingerprint density at radius 3 is 2.86 bits per heavy atom. The van der Waals surface area contributed by atoms with Gasteiger partial charge in [-0.25, -0.2) is 14.2 Å². The number of pyridine rings is 1. The van der Waals surface area contributed by atoms with Gasteiger partial charge in [0, 0.05) is 18.0 Å². The zero-order valence-electron chi connectivity index (χ0n) is 11.3. The Balaban J connectivity index is 2.27. The van der Waals surface area contributed by atoms with E-state index in [9.17, 15) is 9.18 Å². The molecule has 3 rings (SSSR count). The van der Waals surface area contributed by atoms with E-state index in [4.69, 9.17) is 22.4 Å². The molecule has 22 heavy (non-hydrogen) atoms. The smallest absolute Gasteiger partial charge is 0.356 e. The summed E-state index contributed by atoms with van der Waals surface area (Å²) in [5.41, 5.74) is 5.71. The molecule has 0 saturated carbocycles. The number of carboxylic acids is 1. The number of aromatic carboxylic acids is 1. The minimum absolute atomic E-state index is 0.162. The van der Waals surface area contributed by atoms with Gasteiger partial charge in [-0.1, -0.05) is 17.7 Å². The van der Waals surface area contributed by atoms with Crippen molar-refractivity contribution in [3.63, 3.8) is 0 Å². The highest BCUT2D eigenvalue weighted by atomic mass is 35.5. The first-order valence-electron chi connectivity index (χ1n) is 6.20. The maximum absolute atomic E-state index is 14.3. The van der Waals surface area contributed by atoms with Crippen LogP contribution >= 0.6 is 11.6 Å². The molecule has 0 amide bonds. The van der Waals surface area contributed by atoms with Gasteiger partial charge in [-0.05, 0) is 12.1 Å². The maximum Gasteiger partial charge on any atom is 0.356 e. The van der Waals surface area contributed by atoms with Gasteiger partial charge in [-0.15, -0.1) is 0 Å². The van der Waals surface area contributed by atoms with Gasteiger partial charge in [-0.2, -0.15) is 5.10 Å². The molecule has 3 N–H and O–H groups in total. The van der Waals surface area contributed by atoms with Crippen molar-refractivity contribution in [2.45, 2.75) is 0 Å². The largest absolute Gasteiger partial charge is 0.476 e. The van der Waals surface area contributed by atoms with Crippen LogP contribution in [0.15, 0.2) is 24.4 Å². The van der Waals surface area contributed by atoms with Gasteiger partial charge < -0.3 is 10.8 Å². The quantitative estimate of drug-likeness (QED) is 0.757. The predicted molar refractivity (Wildman–Crippen MR) is 80.3 cm³/mol. The van der Waals surface area contributed by atoms with Crippen LogP contribution in [0.1, 0.15) is 10.5 Å². The molecule has 112 valence electrons. The van der Waals surface area contributed by atoms with Crippen molar-refractivity contribution < 1.29 is 14.3 Å². The predicted octanol–water partition coefficient (Wildman–Crippen LogP) is 2.71. The van der Waals surface area contributed by atoms with Crippen LogP contribution in [0.2, 0.25) is 5.02 Å². The number of aromatic nitrogens is 3. The fourth-order valence-electron chi connectivity index (χ4n) is 2.21. The first kappa shape index (κ1) is 14.3. The van der Waals surface area contributed by atoms with E-state index in [0.29, 0.717) is 5.56 Å².